The molecule has 0 saturated carbocycles. The summed E-state index contributed by atoms with van der Waals surface area (Å²) in [7, 11) is 0. The quantitative estimate of drug-likeness (QED) is 0.817. The van der Waals surface area contributed by atoms with Gasteiger partial charge in [-0.2, -0.15) is 0 Å². The minimum atomic E-state index is -0.361. The van der Waals surface area contributed by atoms with Gasteiger partial charge in [-0.25, -0.2) is 4.39 Å². The van der Waals surface area contributed by atoms with Crippen LogP contribution in [0.1, 0.15) is 38.3 Å². The van der Waals surface area contributed by atoms with E-state index < -0.39 is 0 Å². The lowest BCUT2D eigenvalue weighted by Crippen LogP contribution is -2.28. The Hall–Kier alpha value is -2.03. The second kappa shape index (κ2) is 7.11. The second-order valence-corrected chi connectivity index (χ2v) is 5.26. The summed E-state index contributed by atoms with van der Waals surface area (Å²) in [4.78, 5) is 2.21. The highest BCUT2D eigenvalue weighted by molar-refractivity contribution is 5.49. The van der Waals surface area contributed by atoms with Gasteiger partial charge in [-0.3, -0.25) is 0 Å². The van der Waals surface area contributed by atoms with Crippen LogP contribution in [0.5, 0.6) is 5.75 Å². The van der Waals surface area contributed by atoms with E-state index in [1.165, 1.54) is 12.1 Å². The SMILES string of the molecule is CCCCN(c1ccccc1)C(C)c1ccc(O)cc1F. The fourth-order valence-electron chi connectivity index (χ4n) is 2.52. The van der Waals surface area contributed by atoms with Crippen LogP contribution in [0, 0.1) is 5.82 Å². The Balaban J connectivity index is 2.31. The molecule has 2 aromatic carbocycles. The number of benzene rings is 2. The molecule has 0 aromatic heterocycles. The average Bonchev–Trinajstić information content (AvgIpc) is 2.48. The molecule has 0 spiro atoms. The van der Waals surface area contributed by atoms with E-state index in [2.05, 4.69) is 11.8 Å². The fourth-order valence-corrected chi connectivity index (χ4v) is 2.52. The molecular weight excluding hydrogens is 265 g/mol. The molecule has 0 radical (unpaired) electrons. The molecule has 0 amide bonds. The Labute approximate surface area is 125 Å². The summed E-state index contributed by atoms with van der Waals surface area (Å²) in [6.45, 7) is 5.02. The highest BCUT2D eigenvalue weighted by Gasteiger charge is 2.19. The van der Waals surface area contributed by atoms with E-state index in [-0.39, 0.29) is 17.6 Å². The molecule has 2 rings (SSSR count). The van der Waals surface area contributed by atoms with E-state index in [0.717, 1.165) is 25.1 Å². The molecule has 2 nitrogen and oxygen atoms in total. The largest absolute Gasteiger partial charge is 0.508 e. The molecule has 0 aliphatic heterocycles. The molecule has 1 unspecified atom stereocenters. The van der Waals surface area contributed by atoms with Crippen molar-refractivity contribution in [2.45, 2.75) is 32.7 Å². The van der Waals surface area contributed by atoms with Gasteiger partial charge < -0.3 is 10.0 Å². The number of halogens is 1. The second-order valence-electron chi connectivity index (χ2n) is 5.26. The number of aromatic hydroxyl groups is 1. The molecule has 0 aliphatic rings. The lowest BCUT2D eigenvalue weighted by molar-refractivity contribution is 0.466. The minimum absolute atomic E-state index is 0.0386. The standard InChI is InChI=1S/C18H22FNO/c1-3-4-12-20(15-8-6-5-7-9-15)14(2)17-11-10-16(21)13-18(17)19/h5-11,13-14,21H,3-4,12H2,1-2H3. The number of unbranched alkanes of at least 4 members (excludes halogenated alkanes) is 1. The van der Waals surface area contributed by atoms with Crippen LogP contribution in [0.25, 0.3) is 0 Å². The van der Waals surface area contributed by atoms with Gasteiger partial charge in [-0.15, -0.1) is 0 Å². The smallest absolute Gasteiger partial charge is 0.132 e. The average molecular weight is 287 g/mol. The van der Waals surface area contributed by atoms with Crippen LogP contribution < -0.4 is 4.90 Å². The normalized spacial score (nSPS) is 12.1. The van der Waals surface area contributed by atoms with E-state index in [9.17, 15) is 9.50 Å². The predicted molar refractivity (Wildman–Crippen MR) is 85.2 cm³/mol. The maximum atomic E-state index is 14.1. The van der Waals surface area contributed by atoms with Crippen molar-refractivity contribution in [3.05, 3.63) is 59.9 Å². The number of anilines is 1. The van der Waals surface area contributed by atoms with E-state index >= 15 is 0 Å². The minimum Gasteiger partial charge on any atom is -0.508 e. The number of hydrogen-bond donors (Lipinski definition) is 1. The van der Waals surface area contributed by atoms with E-state index in [1.807, 2.05) is 37.3 Å². The van der Waals surface area contributed by atoms with Crippen LogP contribution in [-0.2, 0) is 0 Å². The first-order chi connectivity index (χ1) is 10.1. The van der Waals surface area contributed by atoms with E-state index in [1.54, 1.807) is 6.07 Å². The topological polar surface area (TPSA) is 23.5 Å². The van der Waals surface area contributed by atoms with Crippen molar-refractivity contribution in [1.82, 2.24) is 0 Å². The van der Waals surface area contributed by atoms with Gasteiger partial charge in [0.1, 0.15) is 11.6 Å². The lowest BCUT2D eigenvalue weighted by Gasteiger charge is -2.32. The maximum Gasteiger partial charge on any atom is 0.132 e. The first-order valence-electron chi connectivity index (χ1n) is 7.43. The molecule has 2 aromatic rings. The third-order valence-electron chi connectivity index (χ3n) is 3.74. The van der Waals surface area contributed by atoms with Gasteiger partial charge in [0, 0.05) is 23.9 Å². The first kappa shape index (κ1) is 15.4. The van der Waals surface area contributed by atoms with Crippen molar-refractivity contribution in [2.24, 2.45) is 0 Å². The summed E-state index contributed by atoms with van der Waals surface area (Å²) >= 11 is 0. The molecule has 1 atom stereocenters. The molecule has 0 saturated heterocycles. The van der Waals surface area contributed by atoms with Crippen LogP contribution in [0.3, 0.4) is 0 Å². The molecular formula is C18H22FNO. The summed E-state index contributed by atoms with van der Waals surface area (Å²) in [5, 5.41) is 9.36. The third-order valence-corrected chi connectivity index (χ3v) is 3.74. The number of phenolic OH excluding ortho intramolecular Hbond substituents is 1. The number of nitrogens with zero attached hydrogens (tertiary/aromatic N) is 1. The maximum absolute atomic E-state index is 14.1. The molecule has 3 heteroatoms. The zero-order valence-corrected chi connectivity index (χ0v) is 12.6. The summed E-state index contributed by atoms with van der Waals surface area (Å²) in [5.41, 5.74) is 1.69. The lowest BCUT2D eigenvalue weighted by atomic mass is 10.0. The molecule has 0 heterocycles. The van der Waals surface area contributed by atoms with Gasteiger partial charge in [0.2, 0.25) is 0 Å². The van der Waals surface area contributed by atoms with Gasteiger partial charge in [-0.05, 0) is 31.5 Å². The Kier molecular flexibility index (Phi) is 5.20. The summed E-state index contributed by atoms with van der Waals surface area (Å²) < 4.78 is 14.1. The number of hydrogen-bond acceptors (Lipinski definition) is 2. The van der Waals surface area contributed by atoms with Crippen molar-refractivity contribution in [2.75, 3.05) is 11.4 Å². The predicted octanol–water partition coefficient (Wildman–Crippen LogP) is 4.90. The Morgan fingerprint density at radius 3 is 2.48 bits per heavy atom. The molecule has 0 bridgehead atoms. The van der Waals surface area contributed by atoms with E-state index in [0.29, 0.717) is 5.56 Å². The van der Waals surface area contributed by atoms with Crippen LogP contribution in [0.4, 0.5) is 10.1 Å². The van der Waals surface area contributed by atoms with Gasteiger partial charge in [0.25, 0.3) is 0 Å². The molecule has 112 valence electrons. The molecule has 21 heavy (non-hydrogen) atoms. The Bertz CT molecular complexity index is 571. The summed E-state index contributed by atoms with van der Waals surface area (Å²) in [6.07, 6.45) is 2.15. The zero-order valence-electron chi connectivity index (χ0n) is 12.6. The Morgan fingerprint density at radius 1 is 1.14 bits per heavy atom. The zero-order chi connectivity index (χ0) is 15.2. The molecule has 0 aliphatic carbocycles. The third kappa shape index (κ3) is 3.75. The van der Waals surface area contributed by atoms with Crippen LogP contribution >= 0.6 is 0 Å². The summed E-state index contributed by atoms with van der Waals surface area (Å²) in [6, 6.07) is 14.4. The van der Waals surface area contributed by atoms with Crippen molar-refractivity contribution in [3.8, 4) is 5.75 Å². The highest BCUT2D eigenvalue weighted by atomic mass is 19.1. The number of rotatable bonds is 6. The monoisotopic (exact) mass is 287 g/mol. The van der Waals surface area contributed by atoms with Gasteiger partial charge >= 0.3 is 0 Å². The van der Waals surface area contributed by atoms with Crippen molar-refractivity contribution >= 4 is 5.69 Å². The van der Waals surface area contributed by atoms with E-state index in [4.69, 9.17) is 0 Å². The van der Waals surface area contributed by atoms with Gasteiger partial charge in [0.15, 0.2) is 0 Å². The van der Waals surface area contributed by atoms with Crippen molar-refractivity contribution in [1.29, 1.82) is 0 Å². The number of para-hydroxylation sites is 1. The van der Waals surface area contributed by atoms with Gasteiger partial charge in [0.05, 0.1) is 6.04 Å². The Morgan fingerprint density at radius 2 is 1.86 bits per heavy atom. The van der Waals surface area contributed by atoms with Gasteiger partial charge in [-0.1, -0.05) is 37.6 Å². The molecule has 1 N–H and O–H groups in total. The molecule has 0 fully saturated rings. The van der Waals surface area contributed by atoms with Crippen LogP contribution in [0.15, 0.2) is 48.5 Å². The highest BCUT2D eigenvalue weighted by Crippen LogP contribution is 2.30. The van der Waals surface area contributed by atoms with Crippen LogP contribution in [0.2, 0.25) is 0 Å². The summed E-state index contributed by atoms with van der Waals surface area (Å²) in [5.74, 6) is -0.400. The number of phenols is 1. The fraction of sp³-hybridized carbons (Fsp3) is 0.333. The van der Waals surface area contributed by atoms with Crippen molar-refractivity contribution < 1.29 is 9.50 Å². The first-order valence-corrected chi connectivity index (χ1v) is 7.43. The van der Waals surface area contributed by atoms with Crippen LogP contribution in [-0.4, -0.2) is 11.7 Å². The van der Waals surface area contributed by atoms with Crippen molar-refractivity contribution in [3.63, 3.8) is 0 Å².